The van der Waals surface area contributed by atoms with Gasteiger partial charge in [0.25, 0.3) is 5.91 Å². The number of amides is 1. The summed E-state index contributed by atoms with van der Waals surface area (Å²) in [5.41, 5.74) is -0.0287. The van der Waals surface area contributed by atoms with Crippen LogP contribution in [0.5, 0.6) is 11.5 Å². The second-order valence-electron chi connectivity index (χ2n) is 11.7. The molecule has 1 saturated heterocycles. The molecule has 2 unspecified atom stereocenters. The van der Waals surface area contributed by atoms with Gasteiger partial charge in [0.2, 0.25) is 0 Å². The lowest BCUT2D eigenvalue weighted by molar-refractivity contribution is -0.924. The number of nitrogens with zero attached hydrogens (tertiary/aromatic N) is 1. The topological polar surface area (TPSA) is 139 Å². The molecular weight excluding hydrogens is 476 g/mol. The van der Waals surface area contributed by atoms with Crippen molar-refractivity contribution in [3.8, 4) is 11.5 Å². The fraction of sp³-hybridized carbons (Fsp3) is 0.500. The predicted octanol–water partition coefficient (Wildman–Crippen LogP) is 2.47. The maximum Gasteiger partial charge on any atom is 0.335 e. The first-order chi connectivity index (χ1) is 17.7. The van der Waals surface area contributed by atoms with E-state index in [4.69, 9.17) is 9.84 Å². The molecule has 3 aliphatic carbocycles. The number of aromatic hydroxyl groups is 1. The number of ether oxygens (including phenoxy) is 1. The van der Waals surface area contributed by atoms with Crippen LogP contribution < -0.4 is 10.1 Å². The third kappa shape index (κ3) is 3.02. The molecule has 2 aromatic rings. The van der Waals surface area contributed by atoms with Gasteiger partial charge in [-0.1, -0.05) is 6.07 Å². The van der Waals surface area contributed by atoms with Gasteiger partial charge in [0.15, 0.2) is 11.5 Å². The van der Waals surface area contributed by atoms with Crippen LogP contribution in [0.2, 0.25) is 0 Å². The van der Waals surface area contributed by atoms with E-state index in [0.29, 0.717) is 56.0 Å². The number of quaternary nitrogens is 1. The molecule has 4 N–H and O–H groups in total. The molecule has 2 aliphatic heterocycles. The molecule has 5 aliphatic rings. The number of hydrogen-bond donors (Lipinski definition) is 4. The van der Waals surface area contributed by atoms with E-state index in [2.05, 4.69) is 5.32 Å². The van der Waals surface area contributed by atoms with Gasteiger partial charge in [-0.25, -0.2) is 4.79 Å². The number of carbonyl (C=O) groups is 2. The van der Waals surface area contributed by atoms with Crippen molar-refractivity contribution in [3.63, 3.8) is 0 Å². The van der Waals surface area contributed by atoms with Gasteiger partial charge in [0.1, 0.15) is 17.7 Å². The van der Waals surface area contributed by atoms with E-state index in [-0.39, 0.29) is 17.2 Å². The highest BCUT2D eigenvalue weighted by Crippen LogP contribution is 2.66. The molecule has 37 heavy (non-hydrogen) atoms. The highest BCUT2D eigenvalue weighted by Gasteiger charge is 2.76. The minimum Gasteiger partial charge on any atom is -0.632 e. The Morgan fingerprint density at radius 1 is 1.08 bits per heavy atom. The average molecular weight is 507 g/mol. The van der Waals surface area contributed by atoms with Crippen LogP contribution in [0, 0.1) is 11.1 Å². The Labute approximate surface area is 213 Å². The first kappa shape index (κ1) is 23.0. The molecule has 2 bridgehead atoms. The van der Waals surface area contributed by atoms with E-state index >= 15 is 0 Å². The highest BCUT2D eigenvalue weighted by atomic mass is 16.6. The van der Waals surface area contributed by atoms with E-state index in [1.165, 1.54) is 24.3 Å². The number of carbonyl (C=O) groups excluding carboxylic acids is 1. The van der Waals surface area contributed by atoms with Crippen LogP contribution in [0.1, 0.15) is 63.9 Å². The zero-order valence-corrected chi connectivity index (χ0v) is 20.4. The van der Waals surface area contributed by atoms with Crippen molar-refractivity contribution in [1.29, 1.82) is 0 Å². The molecule has 9 nitrogen and oxygen atoms in total. The molecule has 2 heterocycles. The quantitative estimate of drug-likeness (QED) is 0.361. The third-order valence-electron chi connectivity index (χ3n) is 9.77. The molecule has 7 rings (SSSR count). The fourth-order valence-corrected chi connectivity index (χ4v) is 7.92. The zero-order chi connectivity index (χ0) is 25.7. The Bertz CT molecular complexity index is 1320. The minimum atomic E-state index is -1.30. The number of likely N-dealkylation sites (tertiary alicyclic amines) is 1. The van der Waals surface area contributed by atoms with Gasteiger partial charge < -0.3 is 35.2 Å². The molecule has 6 atom stereocenters. The summed E-state index contributed by atoms with van der Waals surface area (Å²) >= 11 is 0. The minimum absolute atomic E-state index is 0.00379. The maximum absolute atomic E-state index is 14.3. The summed E-state index contributed by atoms with van der Waals surface area (Å²) < 4.78 is 6.03. The average Bonchev–Trinajstić information content (AvgIpc) is 3.60. The third-order valence-corrected chi connectivity index (χ3v) is 9.77. The van der Waals surface area contributed by atoms with Gasteiger partial charge in [0.05, 0.1) is 30.1 Å². The lowest BCUT2D eigenvalue weighted by atomic mass is 9.48. The first-order valence-electron chi connectivity index (χ1n) is 13.1. The predicted molar refractivity (Wildman–Crippen MR) is 131 cm³/mol. The number of aromatic carboxylic acids is 1. The number of phenolic OH excluding ortho intramolecular Hbond substituents is 1. The van der Waals surface area contributed by atoms with Crippen LogP contribution in [0.4, 0.5) is 0 Å². The van der Waals surface area contributed by atoms with Gasteiger partial charge >= 0.3 is 5.97 Å². The Balaban J connectivity index is 1.27. The van der Waals surface area contributed by atoms with Crippen molar-refractivity contribution < 1.29 is 34.3 Å². The van der Waals surface area contributed by atoms with Crippen LogP contribution >= 0.6 is 0 Å². The molecule has 2 aromatic carbocycles. The van der Waals surface area contributed by atoms with Crippen LogP contribution in [0.25, 0.3) is 0 Å². The molecule has 3 fully saturated rings. The van der Waals surface area contributed by atoms with Gasteiger partial charge in [-0.15, -0.1) is 0 Å². The Morgan fingerprint density at radius 2 is 1.81 bits per heavy atom. The SMILES string of the molecule is O=C(O)c1ccc(C(=O)N[C@@H]2CC[C@@]3(O)[C@H]4Cc5ccc(O)c6c5C3(CC[N+]4([O-])CC3CC3)[C@H]2O6)cc1. The molecule has 194 valence electrons. The number of hydrogen-bond acceptors (Lipinski definition) is 6. The van der Waals surface area contributed by atoms with Crippen LogP contribution in [-0.4, -0.2) is 68.7 Å². The number of hydroxylamine groups is 3. The smallest absolute Gasteiger partial charge is 0.335 e. The van der Waals surface area contributed by atoms with E-state index in [9.17, 15) is 25.0 Å². The number of nitrogens with one attached hydrogen (secondary N) is 1. The largest absolute Gasteiger partial charge is 0.632 e. The zero-order valence-electron chi connectivity index (χ0n) is 20.4. The van der Waals surface area contributed by atoms with Gasteiger partial charge in [0, 0.05) is 29.9 Å². The number of benzene rings is 2. The van der Waals surface area contributed by atoms with Gasteiger partial charge in [-0.2, -0.15) is 0 Å². The monoisotopic (exact) mass is 506 g/mol. The highest BCUT2D eigenvalue weighted by molar-refractivity contribution is 5.96. The van der Waals surface area contributed by atoms with E-state index in [1.807, 2.05) is 6.07 Å². The lowest BCUT2D eigenvalue weighted by Crippen LogP contribution is -2.81. The van der Waals surface area contributed by atoms with Crippen molar-refractivity contribution in [1.82, 2.24) is 5.32 Å². The molecule has 9 heteroatoms. The van der Waals surface area contributed by atoms with E-state index < -0.39 is 39.8 Å². The molecular formula is C28H30N2O7. The fourth-order valence-electron chi connectivity index (χ4n) is 7.92. The number of rotatable bonds is 5. The van der Waals surface area contributed by atoms with Crippen LogP contribution in [-0.2, 0) is 11.8 Å². The van der Waals surface area contributed by atoms with E-state index in [0.717, 1.165) is 24.0 Å². The second-order valence-corrected chi connectivity index (χ2v) is 11.7. The molecule has 1 spiro atoms. The first-order valence-corrected chi connectivity index (χ1v) is 13.1. The number of carboxylic acid groups (broad SMARTS) is 1. The lowest BCUT2D eigenvalue weighted by Gasteiger charge is -2.68. The number of carboxylic acids is 1. The summed E-state index contributed by atoms with van der Waals surface area (Å²) in [6.07, 6.45) is 3.15. The Morgan fingerprint density at radius 3 is 2.51 bits per heavy atom. The molecule has 2 saturated carbocycles. The summed E-state index contributed by atoms with van der Waals surface area (Å²) in [6.45, 7) is 0.899. The molecule has 0 radical (unpaired) electrons. The van der Waals surface area contributed by atoms with Crippen molar-refractivity contribution >= 4 is 11.9 Å². The van der Waals surface area contributed by atoms with Gasteiger partial charge in [-0.05, 0) is 61.6 Å². The number of aliphatic hydroxyl groups is 1. The summed E-state index contributed by atoms with van der Waals surface area (Å²) in [5, 5.41) is 49.7. The van der Waals surface area contributed by atoms with E-state index in [1.54, 1.807) is 6.07 Å². The van der Waals surface area contributed by atoms with Crippen molar-refractivity contribution in [2.75, 3.05) is 13.1 Å². The van der Waals surface area contributed by atoms with Crippen LogP contribution in [0.15, 0.2) is 36.4 Å². The van der Waals surface area contributed by atoms with Crippen molar-refractivity contribution in [3.05, 3.63) is 63.9 Å². The summed E-state index contributed by atoms with van der Waals surface area (Å²) in [5.74, 6) is -0.642. The summed E-state index contributed by atoms with van der Waals surface area (Å²) in [7, 11) is 0. The van der Waals surface area contributed by atoms with Crippen molar-refractivity contribution in [2.45, 2.75) is 67.7 Å². The normalized spacial score (nSPS) is 36.9. The standard InChI is InChI=1S/C28H30N2O7/c31-20-8-7-18-13-21-28(35)10-9-19(29-25(32)16-3-5-17(6-4-16)26(33)34)24-27(28,22(18)23(20)37-24)11-12-30(21,36)14-15-1-2-15/h3-8,15,19,21,24,31,35H,1-2,9-14H2,(H,29,32)(H,33,34)/t19-,21-,24+,27?,28-,30?/m1/s1. The maximum atomic E-state index is 14.3. The molecule has 0 aromatic heterocycles. The number of piperidine rings is 1. The molecule has 1 amide bonds. The van der Waals surface area contributed by atoms with Gasteiger partial charge in [-0.3, -0.25) is 4.79 Å². The summed E-state index contributed by atoms with van der Waals surface area (Å²) in [4.78, 5) is 24.4. The van der Waals surface area contributed by atoms with Crippen LogP contribution in [0.3, 0.4) is 0 Å². The Hall–Kier alpha value is -3.14. The second kappa shape index (κ2) is 7.46. The Kier molecular flexibility index (Phi) is 4.64. The summed E-state index contributed by atoms with van der Waals surface area (Å²) in [6, 6.07) is 8.20. The van der Waals surface area contributed by atoms with Crippen molar-refractivity contribution in [2.24, 2.45) is 5.92 Å². The number of phenols is 1.